The first-order chi connectivity index (χ1) is 8.74. The molecule has 18 heavy (non-hydrogen) atoms. The number of hydrogen-bond acceptors (Lipinski definition) is 3. The van der Waals surface area contributed by atoms with E-state index in [4.69, 9.17) is 0 Å². The average Bonchev–Trinajstić information content (AvgIpc) is 2.40. The van der Waals surface area contributed by atoms with E-state index in [2.05, 4.69) is 47.2 Å². The lowest BCUT2D eigenvalue weighted by Gasteiger charge is -2.36. The number of aryl methyl sites for hydroxylation is 1. The van der Waals surface area contributed by atoms with Gasteiger partial charge in [-0.25, -0.2) is 0 Å². The van der Waals surface area contributed by atoms with Crippen molar-refractivity contribution in [3.05, 3.63) is 29.3 Å². The molecule has 1 aliphatic rings. The fourth-order valence-electron chi connectivity index (χ4n) is 2.69. The summed E-state index contributed by atoms with van der Waals surface area (Å²) in [5.41, 5.74) is 4.17. The van der Waals surface area contributed by atoms with Crippen molar-refractivity contribution in [1.82, 2.24) is 10.2 Å². The Balaban J connectivity index is 2.05. The number of benzene rings is 1. The minimum absolute atomic E-state index is 0.949. The summed E-state index contributed by atoms with van der Waals surface area (Å²) in [6.07, 6.45) is 0. The lowest BCUT2D eigenvalue weighted by Crippen LogP contribution is -2.46. The molecule has 0 atom stereocenters. The van der Waals surface area contributed by atoms with Crippen LogP contribution in [0.3, 0.4) is 0 Å². The lowest BCUT2D eigenvalue weighted by atomic mass is 10.1. The van der Waals surface area contributed by atoms with Crippen molar-refractivity contribution in [1.29, 1.82) is 0 Å². The van der Waals surface area contributed by atoms with Crippen LogP contribution >= 0.6 is 0 Å². The summed E-state index contributed by atoms with van der Waals surface area (Å²) in [5, 5.41) is 3.20. The molecule has 0 amide bonds. The molecule has 0 bridgehead atoms. The molecule has 1 fully saturated rings. The van der Waals surface area contributed by atoms with Crippen LogP contribution < -0.4 is 10.2 Å². The molecule has 1 N–H and O–H groups in total. The third-order valence-corrected chi connectivity index (χ3v) is 3.80. The predicted octanol–water partition coefficient (Wildman–Crippen LogP) is 1.86. The van der Waals surface area contributed by atoms with E-state index < -0.39 is 0 Å². The molecule has 0 aromatic heterocycles. The van der Waals surface area contributed by atoms with Crippen LogP contribution in [-0.4, -0.2) is 44.7 Å². The highest BCUT2D eigenvalue weighted by atomic mass is 15.3. The van der Waals surface area contributed by atoms with E-state index in [1.165, 1.54) is 36.4 Å². The Morgan fingerprint density at radius 3 is 2.44 bits per heavy atom. The second kappa shape index (κ2) is 6.21. The molecule has 100 valence electrons. The summed E-state index contributed by atoms with van der Waals surface area (Å²) in [4.78, 5) is 5.03. The van der Waals surface area contributed by atoms with Gasteiger partial charge in [-0.2, -0.15) is 0 Å². The number of hydrogen-bond donors (Lipinski definition) is 1. The maximum atomic E-state index is 3.20. The van der Waals surface area contributed by atoms with Gasteiger partial charge in [0, 0.05) is 38.4 Å². The molecule has 1 saturated heterocycles. The molecule has 0 saturated carbocycles. The summed E-state index contributed by atoms with van der Waals surface area (Å²) >= 11 is 0. The fraction of sp³-hybridized carbons (Fsp3) is 0.600. The molecule has 1 aromatic rings. The number of nitrogens with zero attached hydrogens (tertiary/aromatic N) is 2. The van der Waals surface area contributed by atoms with Crippen LogP contribution in [0, 0.1) is 6.92 Å². The number of piperazine rings is 1. The zero-order chi connectivity index (χ0) is 13.0. The summed E-state index contributed by atoms with van der Waals surface area (Å²) in [7, 11) is 1.99. The summed E-state index contributed by atoms with van der Waals surface area (Å²) in [5.74, 6) is 0. The van der Waals surface area contributed by atoms with Gasteiger partial charge in [0.05, 0.1) is 0 Å². The topological polar surface area (TPSA) is 18.5 Å². The third kappa shape index (κ3) is 3.03. The monoisotopic (exact) mass is 247 g/mol. The van der Waals surface area contributed by atoms with Gasteiger partial charge in [0.15, 0.2) is 0 Å². The molecule has 2 rings (SSSR count). The molecular formula is C15H25N3. The lowest BCUT2D eigenvalue weighted by molar-refractivity contribution is 0.271. The molecule has 0 unspecified atom stereocenters. The Kier molecular flexibility index (Phi) is 4.61. The molecule has 0 aliphatic carbocycles. The number of nitrogens with one attached hydrogen (secondary N) is 1. The highest BCUT2D eigenvalue weighted by molar-refractivity contribution is 5.54. The zero-order valence-corrected chi connectivity index (χ0v) is 11.9. The van der Waals surface area contributed by atoms with Gasteiger partial charge in [-0.05, 0) is 37.7 Å². The van der Waals surface area contributed by atoms with Gasteiger partial charge in [-0.3, -0.25) is 0 Å². The van der Waals surface area contributed by atoms with Crippen molar-refractivity contribution in [3.63, 3.8) is 0 Å². The summed E-state index contributed by atoms with van der Waals surface area (Å²) < 4.78 is 0. The van der Waals surface area contributed by atoms with Crippen molar-refractivity contribution in [2.24, 2.45) is 0 Å². The van der Waals surface area contributed by atoms with Crippen molar-refractivity contribution in [2.75, 3.05) is 44.7 Å². The maximum absolute atomic E-state index is 3.20. The molecule has 3 heteroatoms. The number of rotatable bonds is 4. The van der Waals surface area contributed by atoms with E-state index >= 15 is 0 Å². The van der Waals surface area contributed by atoms with Gasteiger partial charge in [0.1, 0.15) is 0 Å². The molecule has 1 aliphatic heterocycles. The van der Waals surface area contributed by atoms with Crippen LogP contribution in [0.1, 0.15) is 18.1 Å². The van der Waals surface area contributed by atoms with Crippen molar-refractivity contribution in [2.45, 2.75) is 20.4 Å². The Morgan fingerprint density at radius 1 is 1.17 bits per heavy atom. The van der Waals surface area contributed by atoms with Crippen LogP contribution in [0.25, 0.3) is 0 Å². The first kappa shape index (κ1) is 13.4. The highest BCUT2D eigenvalue weighted by Crippen LogP contribution is 2.22. The summed E-state index contributed by atoms with van der Waals surface area (Å²) in [6.45, 7) is 11.3. The van der Waals surface area contributed by atoms with Crippen LogP contribution in [0.4, 0.5) is 5.69 Å². The van der Waals surface area contributed by atoms with Gasteiger partial charge in [-0.1, -0.05) is 19.1 Å². The fourth-order valence-corrected chi connectivity index (χ4v) is 2.69. The van der Waals surface area contributed by atoms with Gasteiger partial charge < -0.3 is 15.1 Å². The summed E-state index contributed by atoms with van der Waals surface area (Å²) in [6, 6.07) is 6.83. The molecule has 0 spiro atoms. The number of anilines is 1. The highest BCUT2D eigenvalue weighted by Gasteiger charge is 2.17. The Hall–Kier alpha value is -1.06. The van der Waals surface area contributed by atoms with Crippen LogP contribution in [0.15, 0.2) is 18.2 Å². The molecule has 0 radical (unpaired) electrons. The van der Waals surface area contributed by atoms with Gasteiger partial charge in [0.25, 0.3) is 0 Å². The van der Waals surface area contributed by atoms with Crippen molar-refractivity contribution < 1.29 is 0 Å². The van der Waals surface area contributed by atoms with E-state index in [1.807, 2.05) is 7.05 Å². The Morgan fingerprint density at radius 2 is 1.89 bits per heavy atom. The molecule has 1 aromatic carbocycles. The van der Waals surface area contributed by atoms with Gasteiger partial charge in [0.2, 0.25) is 0 Å². The van der Waals surface area contributed by atoms with Crippen LogP contribution in [0.5, 0.6) is 0 Å². The quantitative estimate of drug-likeness (QED) is 0.876. The SMILES string of the molecule is CCN1CCN(c2ccc(CNC)cc2C)CC1. The molecular weight excluding hydrogens is 222 g/mol. The molecule has 3 nitrogen and oxygen atoms in total. The minimum atomic E-state index is 0.949. The Labute approximate surface area is 111 Å². The first-order valence-corrected chi connectivity index (χ1v) is 6.96. The van der Waals surface area contributed by atoms with E-state index in [0.717, 1.165) is 19.6 Å². The van der Waals surface area contributed by atoms with Crippen LogP contribution in [0.2, 0.25) is 0 Å². The normalized spacial score (nSPS) is 17.2. The van der Waals surface area contributed by atoms with E-state index in [0.29, 0.717) is 0 Å². The predicted molar refractivity (Wildman–Crippen MR) is 78.3 cm³/mol. The van der Waals surface area contributed by atoms with Crippen molar-refractivity contribution in [3.8, 4) is 0 Å². The minimum Gasteiger partial charge on any atom is -0.369 e. The second-order valence-electron chi connectivity index (χ2n) is 5.07. The maximum Gasteiger partial charge on any atom is 0.0397 e. The zero-order valence-electron chi connectivity index (χ0n) is 11.9. The largest absolute Gasteiger partial charge is 0.369 e. The smallest absolute Gasteiger partial charge is 0.0397 e. The van der Waals surface area contributed by atoms with E-state index in [1.54, 1.807) is 0 Å². The van der Waals surface area contributed by atoms with Crippen molar-refractivity contribution >= 4 is 5.69 Å². The third-order valence-electron chi connectivity index (χ3n) is 3.80. The standard InChI is InChI=1S/C15H25N3/c1-4-17-7-9-18(10-8-17)15-6-5-14(12-16-3)11-13(15)2/h5-6,11,16H,4,7-10,12H2,1-3H3. The first-order valence-electron chi connectivity index (χ1n) is 6.96. The van der Waals surface area contributed by atoms with E-state index in [-0.39, 0.29) is 0 Å². The van der Waals surface area contributed by atoms with E-state index in [9.17, 15) is 0 Å². The average molecular weight is 247 g/mol. The van der Waals surface area contributed by atoms with Gasteiger partial charge in [-0.15, -0.1) is 0 Å². The number of likely N-dealkylation sites (N-methyl/N-ethyl adjacent to an activating group) is 1. The van der Waals surface area contributed by atoms with Crippen LogP contribution in [-0.2, 0) is 6.54 Å². The second-order valence-corrected chi connectivity index (χ2v) is 5.07. The Bertz CT molecular complexity index is 381. The molecule has 1 heterocycles. The van der Waals surface area contributed by atoms with Gasteiger partial charge >= 0.3 is 0 Å².